The smallest absolute Gasteiger partial charge is 0.416 e. The fourth-order valence-corrected chi connectivity index (χ4v) is 3.85. The molecule has 0 saturated carbocycles. The van der Waals surface area contributed by atoms with Crippen molar-refractivity contribution in [1.29, 1.82) is 0 Å². The molecule has 1 heterocycles. The molecule has 11 heteroatoms. The van der Waals surface area contributed by atoms with E-state index in [1.165, 1.54) is 23.7 Å². The third-order valence-electron chi connectivity index (χ3n) is 5.86. The minimum atomic E-state index is -4.50. The van der Waals surface area contributed by atoms with Crippen LogP contribution < -0.4 is 15.2 Å². The van der Waals surface area contributed by atoms with Crippen LogP contribution in [0, 0.1) is 13.8 Å². The molecule has 8 nitrogen and oxygen atoms in total. The van der Waals surface area contributed by atoms with Gasteiger partial charge in [-0.2, -0.15) is 17.9 Å². The van der Waals surface area contributed by atoms with Gasteiger partial charge in [0.15, 0.2) is 18.5 Å². The lowest BCUT2D eigenvalue weighted by molar-refractivity contribution is -0.139. The summed E-state index contributed by atoms with van der Waals surface area (Å²) in [6.07, 6.45) is -5.36. The second-order valence-electron chi connectivity index (χ2n) is 8.63. The topological polar surface area (TPSA) is 95.6 Å². The Labute approximate surface area is 215 Å². The Morgan fingerprint density at radius 1 is 1.00 bits per heavy atom. The Kier molecular flexibility index (Phi) is 7.29. The monoisotopic (exact) mass is 527 g/mol. The van der Waals surface area contributed by atoms with E-state index in [9.17, 15) is 22.8 Å². The van der Waals surface area contributed by atoms with Gasteiger partial charge in [0.2, 0.25) is 0 Å². The van der Waals surface area contributed by atoms with Crippen molar-refractivity contribution in [3.05, 3.63) is 105 Å². The van der Waals surface area contributed by atoms with Gasteiger partial charge >= 0.3 is 17.8 Å². The van der Waals surface area contributed by atoms with Crippen molar-refractivity contribution in [2.45, 2.75) is 26.1 Å². The van der Waals surface area contributed by atoms with Crippen LogP contribution in [0.2, 0.25) is 0 Å². The van der Waals surface area contributed by atoms with E-state index < -0.39 is 36.1 Å². The zero-order valence-electron chi connectivity index (χ0n) is 20.7. The van der Waals surface area contributed by atoms with Gasteiger partial charge < -0.3 is 14.6 Å². The minimum Gasteiger partial charge on any atom is -0.482 e. The van der Waals surface area contributed by atoms with E-state index in [0.29, 0.717) is 28.2 Å². The van der Waals surface area contributed by atoms with Gasteiger partial charge in [-0.1, -0.05) is 30.3 Å². The number of aromatic nitrogens is 3. The predicted octanol–water partition coefficient (Wildman–Crippen LogP) is 4.84. The number of ether oxygens (including phenoxy) is 2. The Bertz CT molecular complexity index is 1510. The van der Waals surface area contributed by atoms with Gasteiger partial charge in [0.25, 0.3) is 0 Å². The van der Waals surface area contributed by atoms with Crippen molar-refractivity contribution in [3.8, 4) is 17.2 Å². The zero-order chi connectivity index (χ0) is 27.6. The fraction of sp³-hybridized carbons (Fsp3) is 0.222. The van der Waals surface area contributed by atoms with Gasteiger partial charge in [-0.3, -0.25) is 4.57 Å². The summed E-state index contributed by atoms with van der Waals surface area (Å²) in [7, 11) is 1.51. The first kappa shape index (κ1) is 26.5. The van der Waals surface area contributed by atoms with Crippen LogP contribution in [0.25, 0.3) is 5.69 Å². The Morgan fingerprint density at radius 2 is 1.61 bits per heavy atom. The number of carboxylic acid groups (broad SMARTS) is 1. The van der Waals surface area contributed by atoms with Crippen LogP contribution in [0.5, 0.6) is 11.5 Å². The number of carbonyl (C=O) groups is 1. The number of aliphatic carboxylic acids is 1. The second kappa shape index (κ2) is 10.4. The average molecular weight is 527 g/mol. The van der Waals surface area contributed by atoms with E-state index in [0.717, 1.165) is 16.8 Å². The van der Waals surface area contributed by atoms with Crippen LogP contribution >= 0.6 is 0 Å². The quantitative estimate of drug-likeness (QED) is 0.353. The highest BCUT2D eigenvalue weighted by Crippen LogP contribution is 2.34. The summed E-state index contributed by atoms with van der Waals surface area (Å²) in [5.41, 5.74) is 0.756. The van der Waals surface area contributed by atoms with Crippen molar-refractivity contribution in [3.63, 3.8) is 0 Å². The van der Waals surface area contributed by atoms with Crippen LogP contribution in [0.3, 0.4) is 0 Å². The molecule has 0 aliphatic heterocycles. The summed E-state index contributed by atoms with van der Waals surface area (Å²) in [6.45, 7) is 3.02. The molecule has 0 spiro atoms. The molecule has 1 N–H and O–H groups in total. The zero-order valence-corrected chi connectivity index (χ0v) is 20.7. The number of hydrogen-bond donors (Lipinski definition) is 1. The number of halogens is 3. The Balaban J connectivity index is 1.75. The number of benzene rings is 3. The molecule has 0 amide bonds. The molecular formula is C27H24F3N3O5. The van der Waals surface area contributed by atoms with Crippen molar-refractivity contribution in [1.82, 2.24) is 14.3 Å². The van der Waals surface area contributed by atoms with E-state index in [1.807, 2.05) is 6.07 Å². The van der Waals surface area contributed by atoms with E-state index in [4.69, 9.17) is 14.6 Å². The SMILES string of the molecule is Cc1cc(OC(c2ccccc2)c2nn(-c3ccc(C(F)(F)F)cc3)c(=O)n2C)c(C)cc1OCC(=O)O. The molecule has 38 heavy (non-hydrogen) atoms. The highest BCUT2D eigenvalue weighted by Gasteiger charge is 2.30. The lowest BCUT2D eigenvalue weighted by atomic mass is 10.1. The maximum atomic E-state index is 13.1. The molecule has 1 atom stereocenters. The predicted molar refractivity (Wildman–Crippen MR) is 132 cm³/mol. The maximum absolute atomic E-state index is 13.1. The molecule has 0 aliphatic rings. The molecule has 3 aromatic carbocycles. The van der Waals surface area contributed by atoms with E-state index in [1.54, 1.807) is 50.2 Å². The third kappa shape index (κ3) is 5.56. The standard InChI is InChI=1S/C27H24F3N3O5/c1-16-14-22(17(2)13-21(16)37-15-23(34)35)38-24(18-7-5-4-6-8-18)25-31-33(26(36)32(25)3)20-11-9-19(10-12-20)27(28,29)30/h4-14,24H,15H2,1-3H3,(H,34,35). The fourth-order valence-electron chi connectivity index (χ4n) is 3.85. The van der Waals surface area contributed by atoms with Gasteiger partial charge in [-0.05, 0) is 61.4 Å². The highest BCUT2D eigenvalue weighted by molar-refractivity contribution is 5.68. The van der Waals surface area contributed by atoms with Crippen molar-refractivity contribution in [2.75, 3.05) is 6.61 Å². The summed E-state index contributed by atoms with van der Waals surface area (Å²) < 4.78 is 53.0. The van der Waals surface area contributed by atoms with E-state index in [2.05, 4.69) is 5.10 Å². The molecule has 1 aromatic heterocycles. The third-order valence-corrected chi connectivity index (χ3v) is 5.86. The van der Waals surface area contributed by atoms with Crippen LogP contribution in [-0.4, -0.2) is 32.0 Å². The summed E-state index contributed by atoms with van der Waals surface area (Å²) >= 11 is 0. The lowest BCUT2D eigenvalue weighted by Crippen LogP contribution is -2.23. The van der Waals surface area contributed by atoms with Gasteiger partial charge in [-0.15, -0.1) is 5.10 Å². The van der Waals surface area contributed by atoms with Crippen LogP contribution in [0.4, 0.5) is 13.2 Å². The summed E-state index contributed by atoms with van der Waals surface area (Å²) in [5, 5.41) is 13.3. The number of alkyl halides is 3. The number of nitrogens with zero attached hydrogens (tertiary/aromatic N) is 3. The first-order valence-corrected chi connectivity index (χ1v) is 11.5. The molecule has 4 rings (SSSR count). The number of aryl methyl sites for hydroxylation is 2. The number of carboxylic acids is 1. The highest BCUT2D eigenvalue weighted by atomic mass is 19.4. The van der Waals surface area contributed by atoms with Gasteiger partial charge in [0.05, 0.1) is 11.3 Å². The van der Waals surface area contributed by atoms with Crippen LogP contribution in [0.15, 0.2) is 71.5 Å². The summed E-state index contributed by atoms with van der Waals surface area (Å²) in [4.78, 5) is 24.0. The van der Waals surface area contributed by atoms with Gasteiger partial charge in [-0.25, -0.2) is 9.59 Å². The summed E-state index contributed by atoms with van der Waals surface area (Å²) in [5.74, 6) is -0.0246. The minimum absolute atomic E-state index is 0.170. The molecule has 4 aromatic rings. The van der Waals surface area contributed by atoms with Crippen molar-refractivity contribution < 1.29 is 32.5 Å². The average Bonchev–Trinajstić information content (AvgIpc) is 3.17. The number of rotatable bonds is 8. The molecule has 0 saturated heterocycles. The molecule has 198 valence electrons. The molecule has 1 unspecified atom stereocenters. The van der Waals surface area contributed by atoms with E-state index in [-0.39, 0.29) is 11.5 Å². The first-order chi connectivity index (χ1) is 18.0. The first-order valence-electron chi connectivity index (χ1n) is 11.5. The van der Waals surface area contributed by atoms with E-state index >= 15 is 0 Å². The van der Waals surface area contributed by atoms with Crippen molar-refractivity contribution >= 4 is 5.97 Å². The number of hydrogen-bond acceptors (Lipinski definition) is 5. The normalized spacial score (nSPS) is 12.3. The molecule has 0 fully saturated rings. The summed E-state index contributed by atoms with van der Waals surface area (Å²) in [6, 6.07) is 16.6. The molecule has 0 radical (unpaired) electrons. The van der Waals surface area contributed by atoms with Crippen molar-refractivity contribution in [2.24, 2.45) is 7.05 Å². The molecule has 0 bridgehead atoms. The Hall–Kier alpha value is -4.54. The Morgan fingerprint density at radius 3 is 2.21 bits per heavy atom. The molecule has 0 aliphatic carbocycles. The van der Waals surface area contributed by atoms with Crippen LogP contribution in [0.1, 0.15) is 34.2 Å². The largest absolute Gasteiger partial charge is 0.482 e. The van der Waals surface area contributed by atoms with Gasteiger partial charge in [0, 0.05) is 12.6 Å². The van der Waals surface area contributed by atoms with Gasteiger partial charge in [0.1, 0.15) is 11.5 Å². The second-order valence-corrected chi connectivity index (χ2v) is 8.63. The lowest BCUT2D eigenvalue weighted by Gasteiger charge is -2.21. The molecular weight excluding hydrogens is 503 g/mol. The van der Waals surface area contributed by atoms with Crippen LogP contribution in [-0.2, 0) is 18.0 Å². The maximum Gasteiger partial charge on any atom is 0.416 e.